The van der Waals surface area contributed by atoms with Gasteiger partial charge in [-0.15, -0.1) is 0 Å². The van der Waals surface area contributed by atoms with Crippen LogP contribution >= 0.6 is 0 Å². The third-order valence-corrected chi connectivity index (χ3v) is 2.43. The van der Waals surface area contributed by atoms with Crippen LogP contribution in [0.2, 0.25) is 0 Å². The van der Waals surface area contributed by atoms with Gasteiger partial charge in [-0.25, -0.2) is 0 Å². The number of hydrogen-bond acceptors (Lipinski definition) is 3. The molecule has 3 nitrogen and oxygen atoms in total. The lowest BCUT2D eigenvalue weighted by Crippen LogP contribution is -2.11. The molecule has 3 heteroatoms. The van der Waals surface area contributed by atoms with Crippen LogP contribution in [0.25, 0.3) is 0 Å². The van der Waals surface area contributed by atoms with Crippen LogP contribution in [0, 0.1) is 0 Å². The van der Waals surface area contributed by atoms with Gasteiger partial charge in [0, 0.05) is 6.42 Å². The average Bonchev–Trinajstić information content (AvgIpc) is 2.26. The lowest BCUT2D eigenvalue weighted by Gasteiger charge is -1.99. The van der Waals surface area contributed by atoms with Crippen molar-refractivity contribution in [2.75, 3.05) is 0 Å². The first-order valence-electron chi connectivity index (χ1n) is 7.02. The minimum Gasteiger partial charge on any atom is -0.379 e. The Morgan fingerprint density at radius 3 is 1.71 bits per heavy atom. The first-order valence-corrected chi connectivity index (χ1v) is 7.02. The largest absolute Gasteiger partial charge is 0.379 e. The summed E-state index contributed by atoms with van der Waals surface area (Å²) in [6, 6.07) is 0. The molecule has 0 aromatic carbocycles. The number of rotatable bonds is 10. The van der Waals surface area contributed by atoms with Gasteiger partial charge in [0.2, 0.25) is 0 Å². The van der Waals surface area contributed by atoms with Gasteiger partial charge in [-0.05, 0) is 13.3 Å². The third-order valence-electron chi connectivity index (χ3n) is 2.43. The Kier molecular flexibility index (Phi) is 20.0. The van der Waals surface area contributed by atoms with Crippen molar-refractivity contribution in [2.45, 2.75) is 84.3 Å². The van der Waals surface area contributed by atoms with E-state index < -0.39 is 6.23 Å². The number of nitrogens with two attached hydrogens (primary N) is 1. The average molecular weight is 245 g/mol. The third kappa shape index (κ3) is 31.3. The fourth-order valence-electron chi connectivity index (χ4n) is 1.54. The number of hydrogen-bond donors (Lipinski definition) is 2. The van der Waals surface area contributed by atoms with E-state index in [2.05, 4.69) is 12.7 Å². The molecule has 0 spiro atoms. The summed E-state index contributed by atoms with van der Waals surface area (Å²) in [5.74, 6) is 0. The molecule has 1 atom stereocenters. The van der Waals surface area contributed by atoms with Crippen molar-refractivity contribution in [1.82, 2.24) is 0 Å². The second-order valence-corrected chi connectivity index (χ2v) is 4.52. The van der Waals surface area contributed by atoms with E-state index in [0.29, 0.717) is 0 Å². The van der Waals surface area contributed by atoms with E-state index in [1.54, 1.807) is 0 Å². The van der Waals surface area contributed by atoms with Gasteiger partial charge in [0.25, 0.3) is 0 Å². The van der Waals surface area contributed by atoms with Crippen LogP contribution in [0.4, 0.5) is 0 Å². The summed E-state index contributed by atoms with van der Waals surface area (Å²) in [5, 5.41) is 7.83. The fourth-order valence-corrected chi connectivity index (χ4v) is 1.54. The van der Waals surface area contributed by atoms with E-state index in [-0.39, 0.29) is 0 Å². The lowest BCUT2D eigenvalue weighted by molar-refractivity contribution is -0.107. The van der Waals surface area contributed by atoms with Crippen molar-refractivity contribution in [1.29, 1.82) is 0 Å². The molecule has 0 rings (SSSR count). The lowest BCUT2D eigenvalue weighted by atomic mass is 10.1. The van der Waals surface area contributed by atoms with Crippen LogP contribution in [-0.2, 0) is 4.79 Å². The highest BCUT2D eigenvalue weighted by Gasteiger charge is 1.91. The first-order chi connectivity index (χ1) is 8.15. The molecule has 0 saturated carbocycles. The molecule has 0 aliphatic heterocycles. The molecule has 0 saturated heterocycles. The summed E-state index contributed by atoms with van der Waals surface area (Å²) >= 11 is 0. The van der Waals surface area contributed by atoms with Crippen LogP contribution in [-0.4, -0.2) is 17.6 Å². The second kappa shape index (κ2) is 18.0. The van der Waals surface area contributed by atoms with E-state index in [9.17, 15) is 4.79 Å². The standard InChI is InChI=1S/C12H24O.C2H7NO/c1-2-3-4-5-6-7-8-9-10-11-12-13;1-2(3)4/h12H,2-11H2,1H3;2,4H,3H2,1H3. The minimum atomic E-state index is -0.667. The van der Waals surface area contributed by atoms with E-state index in [4.69, 9.17) is 5.11 Å². The normalized spacial score (nSPS) is 11.5. The molecule has 0 aromatic heterocycles. The molecule has 17 heavy (non-hydrogen) atoms. The summed E-state index contributed by atoms with van der Waals surface area (Å²) < 4.78 is 0. The number of carbonyl (C=O) groups is 1. The number of aliphatic hydroxyl groups excluding tert-OH is 1. The van der Waals surface area contributed by atoms with Gasteiger partial charge in [0.05, 0.1) is 6.23 Å². The summed E-state index contributed by atoms with van der Waals surface area (Å²) in [7, 11) is 0. The van der Waals surface area contributed by atoms with Crippen molar-refractivity contribution in [3.63, 3.8) is 0 Å². The van der Waals surface area contributed by atoms with Gasteiger partial charge in [-0.2, -0.15) is 0 Å². The highest BCUT2D eigenvalue weighted by molar-refractivity contribution is 5.48. The molecular weight excluding hydrogens is 214 g/mol. The maximum absolute atomic E-state index is 10.0. The van der Waals surface area contributed by atoms with Crippen LogP contribution < -0.4 is 5.73 Å². The zero-order chi connectivity index (χ0) is 13.4. The van der Waals surface area contributed by atoms with Gasteiger partial charge in [0.15, 0.2) is 0 Å². The van der Waals surface area contributed by atoms with Gasteiger partial charge in [-0.1, -0.05) is 58.3 Å². The van der Waals surface area contributed by atoms with Crippen molar-refractivity contribution in [3.8, 4) is 0 Å². The zero-order valence-corrected chi connectivity index (χ0v) is 11.7. The van der Waals surface area contributed by atoms with E-state index in [1.165, 1.54) is 58.3 Å². The van der Waals surface area contributed by atoms with Crippen molar-refractivity contribution < 1.29 is 9.90 Å². The Hall–Kier alpha value is -0.410. The predicted molar refractivity (Wildman–Crippen MR) is 73.8 cm³/mol. The van der Waals surface area contributed by atoms with Gasteiger partial charge in [-0.3, -0.25) is 0 Å². The van der Waals surface area contributed by atoms with Crippen molar-refractivity contribution >= 4 is 6.29 Å². The summed E-state index contributed by atoms with van der Waals surface area (Å²) in [4.78, 5) is 10.0. The minimum absolute atomic E-state index is 0.667. The van der Waals surface area contributed by atoms with Crippen molar-refractivity contribution in [2.24, 2.45) is 5.73 Å². The van der Waals surface area contributed by atoms with Gasteiger partial charge >= 0.3 is 0 Å². The van der Waals surface area contributed by atoms with E-state index >= 15 is 0 Å². The molecule has 0 amide bonds. The molecule has 1 unspecified atom stereocenters. The maximum Gasteiger partial charge on any atom is 0.119 e. The van der Waals surface area contributed by atoms with Crippen LogP contribution in [0.5, 0.6) is 0 Å². The van der Waals surface area contributed by atoms with Gasteiger partial charge < -0.3 is 15.6 Å². The summed E-state index contributed by atoms with van der Waals surface area (Å²) in [6.07, 6.45) is 13.1. The molecule has 0 aliphatic carbocycles. The highest BCUT2D eigenvalue weighted by atomic mass is 16.3. The molecule has 0 bridgehead atoms. The molecule has 0 fully saturated rings. The Labute approximate surface area is 107 Å². The Morgan fingerprint density at radius 2 is 1.35 bits per heavy atom. The van der Waals surface area contributed by atoms with E-state index in [1.807, 2.05) is 0 Å². The number of unbranched alkanes of at least 4 members (excludes halogenated alkanes) is 9. The van der Waals surface area contributed by atoms with E-state index in [0.717, 1.165) is 19.1 Å². The molecule has 0 aromatic rings. The number of carbonyl (C=O) groups excluding carboxylic acids is 1. The predicted octanol–water partition coefficient (Wildman–Crippen LogP) is 3.39. The smallest absolute Gasteiger partial charge is 0.119 e. The second-order valence-electron chi connectivity index (χ2n) is 4.52. The Morgan fingerprint density at radius 1 is 1.00 bits per heavy atom. The fraction of sp³-hybridized carbons (Fsp3) is 0.929. The first kappa shape index (κ1) is 18.9. The van der Waals surface area contributed by atoms with Crippen LogP contribution in [0.1, 0.15) is 78.1 Å². The number of aldehydes is 1. The zero-order valence-electron chi connectivity index (χ0n) is 11.7. The summed E-state index contributed by atoms with van der Waals surface area (Å²) in [6.45, 7) is 3.75. The van der Waals surface area contributed by atoms with Crippen molar-refractivity contribution in [3.05, 3.63) is 0 Å². The number of aliphatic hydroxyl groups is 1. The Balaban J connectivity index is 0. The molecule has 0 heterocycles. The topological polar surface area (TPSA) is 63.3 Å². The molecule has 104 valence electrons. The summed E-state index contributed by atoms with van der Waals surface area (Å²) in [5.41, 5.74) is 4.67. The van der Waals surface area contributed by atoms with Crippen LogP contribution in [0.3, 0.4) is 0 Å². The molecular formula is C14H31NO2. The quantitative estimate of drug-likeness (QED) is 0.352. The molecule has 0 radical (unpaired) electrons. The maximum atomic E-state index is 10.0. The van der Waals surface area contributed by atoms with Crippen LogP contribution in [0.15, 0.2) is 0 Å². The molecule has 3 N–H and O–H groups in total. The highest BCUT2D eigenvalue weighted by Crippen LogP contribution is 2.09. The molecule has 0 aliphatic rings. The SMILES string of the molecule is CC(N)O.CCCCCCCCCCCC=O. The van der Waals surface area contributed by atoms with Gasteiger partial charge in [0.1, 0.15) is 6.29 Å². The monoisotopic (exact) mass is 245 g/mol. The Bertz CT molecular complexity index is 135.